The van der Waals surface area contributed by atoms with Crippen molar-refractivity contribution in [3.8, 4) is 5.75 Å². The molecule has 1 amide bonds. The number of nitrogens with zero attached hydrogens (tertiary/aromatic N) is 3. The van der Waals surface area contributed by atoms with E-state index in [0.29, 0.717) is 12.5 Å². The molecule has 5 heteroatoms. The quantitative estimate of drug-likeness (QED) is 0.107. The molecule has 258 valence electrons. The lowest BCUT2D eigenvalue weighted by atomic mass is 9.89. The normalized spacial score (nSPS) is 13.8. The van der Waals surface area contributed by atoms with Crippen molar-refractivity contribution in [3.63, 3.8) is 0 Å². The molecule has 5 nitrogen and oxygen atoms in total. The van der Waals surface area contributed by atoms with Crippen molar-refractivity contribution in [1.29, 1.82) is 0 Å². The fraction of sp³-hybridized carbons (Fsp3) is 0.524. The monoisotopic (exact) mass is 641 g/mol. The third-order valence-corrected chi connectivity index (χ3v) is 9.34. The van der Waals surface area contributed by atoms with E-state index in [1.54, 1.807) is 18.1 Å². The van der Waals surface area contributed by atoms with Crippen molar-refractivity contribution >= 4 is 12.0 Å². The summed E-state index contributed by atoms with van der Waals surface area (Å²) in [5.74, 6) is 2.34. The predicted octanol–water partition coefficient (Wildman–Crippen LogP) is 9.85. The number of aryl methyl sites for hydroxylation is 2. The largest absolute Gasteiger partial charge is 0.492 e. The van der Waals surface area contributed by atoms with Gasteiger partial charge in [-0.25, -0.2) is 0 Å². The maximum absolute atomic E-state index is 10.6. The number of aromatic nitrogens is 1. The Labute approximate surface area is 287 Å². The van der Waals surface area contributed by atoms with Gasteiger partial charge in [0.1, 0.15) is 12.4 Å². The minimum Gasteiger partial charge on any atom is -0.492 e. The van der Waals surface area contributed by atoms with Crippen LogP contribution in [0.15, 0.2) is 78.6 Å². The zero-order valence-corrected chi connectivity index (χ0v) is 30.9. The third-order valence-electron chi connectivity index (χ3n) is 9.34. The van der Waals surface area contributed by atoms with Crippen molar-refractivity contribution < 1.29 is 9.53 Å². The van der Waals surface area contributed by atoms with Gasteiger partial charge in [-0.15, -0.1) is 0 Å². The van der Waals surface area contributed by atoms with E-state index < -0.39 is 0 Å². The number of benzene rings is 1. The number of carbonyl (C=O) groups excluding carboxylic acids is 1. The Hall–Kier alpha value is -3.44. The van der Waals surface area contributed by atoms with Crippen LogP contribution in [-0.4, -0.2) is 61.0 Å². The van der Waals surface area contributed by atoms with Crippen LogP contribution in [-0.2, 0) is 17.6 Å². The van der Waals surface area contributed by atoms with E-state index in [9.17, 15) is 4.79 Å². The lowest BCUT2D eigenvalue weighted by Gasteiger charge is -2.22. The van der Waals surface area contributed by atoms with Gasteiger partial charge in [-0.1, -0.05) is 82.4 Å². The van der Waals surface area contributed by atoms with E-state index in [2.05, 4.69) is 81.4 Å². The van der Waals surface area contributed by atoms with Gasteiger partial charge < -0.3 is 9.64 Å². The minimum absolute atomic E-state index is 0.622. The Morgan fingerprint density at radius 3 is 2.36 bits per heavy atom. The Morgan fingerprint density at radius 2 is 1.77 bits per heavy atom. The van der Waals surface area contributed by atoms with Crippen LogP contribution < -0.4 is 4.74 Å². The number of ether oxygens (including phenoxy) is 1. The van der Waals surface area contributed by atoms with Gasteiger partial charge in [0, 0.05) is 38.9 Å². The molecule has 1 aromatic heterocycles. The van der Waals surface area contributed by atoms with E-state index in [-0.39, 0.29) is 0 Å². The average Bonchev–Trinajstić information content (AvgIpc) is 3.95. The molecule has 0 unspecified atom stereocenters. The lowest BCUT2D eigenvalue weighted by Crippen LogP contribution is -2.35. The fourth-order valence-electron chi connectivity index (χ4n) is 5.61. The van der Waals surface area contributed by atoms with Crippen LogP contribution in [0.25, 0.3) is 5.57 Å². The molecule has 47 heavy (non-hydrogen) atoms. The standard InChI is InChI=1S/C25H36.C17H27N3O2/c1-6-20(7-2)25-17-16-24(22(9-4)18-25)13-11-19(5)10-12-21(8-3)23-14-15-23;1-5-15(3)17-13-16(7-8-18-17)22-12-11-20(6-2)10-9-19(4)14-21/h8,10,12,16-18,20,23H,3,6-7,9,11,13-15H2,1-2,4-5H3;5,7-8,13-14H,6,9-12H2,1-4H3/b19-10+,21-12+;. The molecule has 1 heterocycles. The van der Waals surface area contributed by atoms with Crippen LogP contribution in [0.3, 0.4) is 0 Å². The summed E-state index contributed by atoms with van der Waals surface area (Å²) in [6.07, 6.45) is 19.9. The number of pyridine rings is 1. The molecule has 3 rings (SSSR count). The Morgan fingerprint density at radius 1 is 1.02 bits per heavy atom. The number of hydrogen-bond acceptors (Lipinski definition) is 4. The number of allylic oxidation sites excluding steroid dienone is 7. The van der Waals surface area contributed by atoms with E-state index in [1.807, 2.05) is 38.1 Å². The summed E-state index contributed by atoms with van der Waals surface area (Å²) in [6.45, 7) is 23.2. The molecule has 1 aromatic carbocycles. The first-order valence-electron chi connectivity index (χ1n) is 17.9. The molecule has 1 aliphatic rings. The van der Waals surface area contributed by atoms with Crippen LogP contribution in [0.2, 0.25) is 0 Å². The first kappa shape index (κ1) is 39.7. The Kier molecular flexibility index (Phi) is 18.8. The first-order valence-corrected chi connectivity index (χ1v) is 17.9. The molecule has 0 saturated heterocycles. The SMILES string of the molecule is C=C/C(=C\C=C(/C)CCc1ccc(C(CC)CC)cc1CC)C1CC1.CC=C(C)c1cc(OCCN(CC)CCN(C)C=O)ccn1. The van der Waals surface area contributed by atoms with Gasteiger partial charge in [0.15, 0.2) is 0 Å². The van der Waals surface area contributed by atoms with E-state index >= 15 is 0 Å². The second kappa shape index (κ2) is 22.2. The molecule has 0 bridgehead atoms. The second-order valence-electron chi connectivity index (χ2n) is 12.8. The molecule has 0 N–H and O–H groups in total. The van der Waals surface area contributed by atoms with Gasteiger partial charge in [0.25, 0.3) is 0 Å². The summed E-state index contributed by atoms with van der Waals surface area (Å²) in [7, 11) is 1.79. The molecule has 0 spiro atoms. The zero-order chi connectivity index (χ0) is 34.6. The number of hydrogen-bond donors (Lipinski definition) is 0. The van der Waals surface area contributed by atoms with Crippen LogP contribution in [0, 0.1) is 5.92 Å². The van der Waals surface area contributed by atoms with Crippen molar-refractivity contribution in [2.45, 2.75) is 99.3 Å². The molecule has 1 fully saturated rings. The molecule has 0 atom stereocenters. The highest BCUT2D eigenvalue weighted by Crippen LogP contribution is 2.37. The number of rotatable bonds is 20. The van der Waals surface area contributed by atoms with Gasteiger partial charge in [-0.05, 0) is 118 Å². The molecule has 2 aromatic rings. The molecular formula is C42H63N3O2. The zero-order valence-electron chi connectivity index (χ0n) is 30.9. The van der Waals surface area contributed by atoms with Crippen molar-refractivity contribution in [1.82, 2.24) is 14.8 Å². The number of likely N-dealkylation sites (N-methyl/N-ethyl adjacent to an activating group) is 2. The summed E-state index contributed by atoms with van der Waals surface area (Å²) in [5.41, 5.74) is 9.56. The predicted molar refractivity (Wildman–Crippen MR) is 202 cm³/mol. The number of carbonyl (C=O) groups is 1. The average molecular weight is 642 g/mol. The smallest absolute Gasteiger partial charge is 0.209 e. The van der Waals surface area contributed by atoms with Crippen molar-refractivity contribution in [2.24, 2.45) is 5.92 Å². The summed E-state index contributed by atoms with van der Waals surface area (Å²) in [6, 6.07) is 11.1. The lowest BCUT2D eigenvalue weighted by molar-refractivity contribution is -0.117. The van der Waals surface area contributed by atoms with Gasteiger partial charge in [-0.3, -0.25) is 14.7 Å². The molecule has 0 radical (unpaired) electrons. The Bertz CT molecular complexity index is 1320. The van der Waals surface area contributed by atoms with E-state index in [0.717, 1.165) is 74.8 Å². The summed E-state index contributed by atoms with van der Waals surface area (Å²) < 4.78 is 5.81. The highest BCUT2D eigenvalue weighted by atomic mass is 16.5. The van der Waals surface area contributed by atoms with Crippen molar-refractivity contribution in [3.05, 3.63) is 101 Å². The highest BCUT2D eigenvalue weighted by molar-refractivity contribution is 5.61. The van der Waals surface area contributed by atoms with E-state index in [1.165, 1.54) is 53.5 Å². The summed E-state index contributed by atoms with van der Waals surface area (Å²) >= 11 is 0. The van der Waals surface area contributed by atoms with Crippen LogP contribution in [0.1, 0.15) is 109 Å². The second-order valence-corrected chi connectivity index (χ2v) is 12.8. The summed E-state index contributed by atoms with van der Waals surface area (Å²) in [4.78, 5) is 18.8. The maximum atomic E-state index is 10.6. The van der Waals surface area contributed by atoms with Crippen LogP contribution in [0.4, 0.5) is 0 Å². The van der Waals surface area contributed by atoms with Gasteiger partial charge in [0.2, 0.25) is 6.41 Å². The summed E-state index contributed by atoms with van der Waals surface area (Å²) in [5, 5.41) is 0. The maximum Gasteiger partial charge on any atom is 0.209 e. The highest BCUT2D eigenvalue weighted by Gasteiger charge is 2.23. The molecule has 1 aliphatic carbocycles. The van der Waals surface area contributed by atoms with Crippen LogP contribution >= 0.6 is 0 Å². The van der Waals surface area contributed by atoms with Crippen LogP contribution in [0.5, 0.6) is 5.75 Å². The van der Waals surface area contributed by atoms with Gasteiger partial charge in [-0.2, -0.15) is 0 Å². The molecule has 1 saturated carbocycles. The minimum atomic E-state index is 0.622. The topological polar surface area (TPSA) is 45.7 Å². The van der Waals surface area contributed by atoms with Crippen molar-refractivity contribution in [2.75, 3.05) is 39.8 Å². The molecular weight excluding hydrogens is 578 g/mol. The first-order chi connectivity index (χ1) is 22.7. The van der Waals surface area contributed by atoms with E-state index in [4.69, 9.17) is 4.74 Å². The van der Waals surface area contributed by atoms with Gasteiger partial charge >= 0.3 is 0 Å². The fourth-order valence-corrected chi connectivity index (χ4v) is 5.61. The molecule has 0 aliphatic heterocycles. The Balaban J connectivity index is 0.000000330. The third kappa shape index (κ3) is 14.5. The number of amides is 1. The van der Waals surface area contributed by atoms with Gasteiger partial charge in [0.05, 0.1) is 5.69 Å².